The van der Waals surface area contributed by atoms with Crippen LogP contribution in [0.3, 0.4) is 0 Å². The van der Waals surface area contributed by atoms with Gasteiger partial charge in [0.1, 0.15) is 5.75 Å². The van der Waals surface area contributed by atoms with Gasteiger partial charge >= 0.3 is 0 Å². The molecule has 0 saturated carbocycles. The van der Waals surface area contributed by atoms with Gasteiger partial charge in [-0.15, -0.1) is 0 Å². The standard InChI is InChI=1S/C19H17ClO3/c1-11(2)12-8-9-15(16(10-12)23-3)19(20)17(21)13-6-4-5-7-14(13)18(19)22/h4-11H,1-3H3. The number of ether oxygens (including phenoxy) is 1. The Morgan fingerprint density at radius 2 is 1.57 bits per heavy atom. The maximum Gasteiger partial charge on any atom is 0.198 e. The van der Waals surface area contributed by atoms with Crippen molar-refractivity contribution < 1.29 is 14.3 Å². The van der Waals surface area contributed by atoms with Crippen molar-refractivity contribution >= 4 is 23.2 Å². The molecule has 0 bridgehead atoms. The second-order valence-electron chi connectivity index (χ2n) is 5.98. The van der Waals surface area contributed by atoms with E-state index in [0.29, 0.717) is 28.4 Å². The average Bonchev–Trinajstić information content (AvgIpc) is 2.77. The van der Waals surface area contributed by atoms with E-state index in [1.165, 1.54) is 7.11 Å². The predicted octanol–water partition coefficient (Wildman–Crippen LogP) is 4.33. The second kappa shape index (κ2) is 5.50. The van der Waals surface area contributed by atoms with Crippen LogP contribution in [0.15, 0.2) is 42.5 Å². The predicted molar refractivity (Wildman–Crippen MR) is 89.7 cm³/mol. The molecule has 118 valence electrons. The van der Waals surface area contributed by atoms with Crippen LogP contribution in [0, 0.1) is 0 Å². The fourth-order valence-electron chi connectivity index (χ4n) is 2.95. The lowest BCUT2D eigenvalue weighted by Gasteiger charge is -2.22. The summed E-state index contributed by atoms with van der Waals surface area (Å²) in [6.45, 7) is 4.12. The summed E-state index contributed by atoms with van der Waals surface area (Å²) in [5.41, 5.74) is 2.18. The Kier molecular flexibility index (Phi) is 3.77. The number of hydrogen-bond donors (Lipinski definition) is 0. The zero-order chi connectivity index (χ0) is 16.8. The minimum Gasteiger partial charge on any atom is -0.496 e. The van der Waals surface area contributed by atoms with E-state index in [9.17, 15) is 9.59 Å². The number of hydrogen-bond acceptors (Lipinski definition) is 3. The molecule has 2 aromatic carbocycles. The van der Waals surface area contributed by atoms with Crippen molar-refractivity contribution in [2.45, 2.75) is 24.6 Å². The van der Waals surface area contributed by atoms with Gasteiger partial charge in [0.2, 0.25) is 0 Å². The van der Waals surface area contributed by atoms with Gasteiger partial charge in [0, 0.05) is 16.7 Å². The van der Waals surface area contributed by atoms with Gasteiger partial charge in [0.25, 0.3) is 0 Å². The highest BCUT2D eigenvalue weighted by Crippen LogP contribution is 2.46. The number of alkyl halides is 1. The lowest BCUT2D eigenvalue weighted by atomic mass is 9.90. The molecule has 0 fully saturated rings. The summed E-state index contributed by atoms with van der Waals surface area (Å²) in [5, 5.41) is 0. The Morgan fingerprint density at radius 1 is 1.00 bits per heavy atom. The van der Waals surface area contributed by atoms with Crippen molar-refractivity contribution in [2.75, 3.05) is 7.11 Å². The molecule has 3 nitrogen and oxygen atoms in total. The highest BCUT2D eigenvalue weighted by Gasteiger charge is 2.54. The zero-order valence-corrected chi connectivity index (χ0v) is 14.0. The van der Waals surface area contributed by atoms with Gasteiger partial charge in [-0.1, -0.05) is 61.8 Å². The van der Waals surface area contributed by atoms with Crippen LogP contribution in [0.1, 0.15) is 51.6 Å². The molecule has 0 unspecified atom stereocenters. The van der Waals surface area contributed by atoms with Crippen LogP contribution in [0.2, 0.25) is 0 Å². The number of halogens is 1. The number of rotatable bonds is 3. The molecule has 0 spiro atoms. The number of carbonyl (C=O) groups excluding carboxylic acids is 2. The molecule has 0 aliphatic heterocycles. The topological polar surface area (TPSA) is 43.4 Å². The van der Waals surface area contributed by atoms with E-state index in [1.54, 1.807) is 30.3 Å². The summed E-state index contributed by atoms with van der Waals surface area (Å²) >= 11 is 6.60. The van der Waals surface area contributed by atoms with Gasteiger partial charge in [0.15, 0.2) is 16.4 Å². The molecule has 4 heteroatoms. The lowest BCUT2D eigenvalue weighted by Crippen LogP contribution is -2.32. The molecular weight excluding hydrogens is 312 g/mol. The summed E-state index contributed by atoms with van der Waals surface area (Å²) in [5.74, 6) is -0.0252. The number of carbonyl (C=O) groups is 2. The molecule has 0 heterocycles. The van der Waals surface area contributed by atoms with Crippen LogP contribution in [0.25, 0.3) is 0 Å². The SMILES string of the molecule is COc1cc(C(C)C)ccc1C1(Cl)C(=O)c2ccccc2C1=O. The van der Waals surface area contributed by atoms with E-state index in [-0.39, 0.29) is 0 Å². The van der Waals surface area contributed by atoms with E-state index in [2.05, 4.69) is 13.8 Å². The highest BCUT2D eigenvalue weighted by molar-refractivity contribution is 6.54. The molecule has 1 aliphatic rings. The molecule has 23 heavy (non-hydrogen) atoms. The molecule has 0 saturated heterocycles. The van der Waals surface area contributed by atoms with E-state index in [0.717, 1.165) is 5.56 Å². The Labute approximate surface area is 140 Å². The number of fused-ring (bicyclic) bond motifs is 1. The van der Waals surface area contributed by atoms with Gasteiger partial charge in [0.05, 0.1) is 7.11 Å². The number of Topliss-reactive ketones (excluding diaryl/α,β-unsaturated/α-hetero) is 2. The molecule has 2 aromatic rings. The Bertz CT molecular complexity index is 773. The van der Waals surface area contributed by atoms with E-state index in [4.69, 9.17) is 16.3 Å². The van der Waals surface area contributed by atoms with Crippen molar-refractivity contribution in [1.82, 2.24) is 0 Å². The van der Waals surface area contributed by atoms with Crippen molar-refractivity contribution in [1.29, 1.82) is 0 Å². The van der Waals surface area contributed by atoms with Gasteiger partial charge in [-0.2, -0.15) is 0 Å². The van der Waals surface area contributed by atoms with E-state index in [1.807, 2.05) is 12.1 Å². The normalized spacial score (nSPS) is 15.9. The summed E-state index contributed by atoms with van der Waals surface area (Å²) in [6, 6.07) is 12.2. The third-order valence-corrected chi connectivity index (χ3v) is 4.85. The fraction of sp³-hybridized carbons (Fsp3) is 0.263. The second-order valence-corrected chi connectivity index (χ2v) is 6.54. The molecule has 0 radical (unpaired) electrons. The number of methoxy groups -OCH3 is 1. The average molecular weight is 329 g/mol. The molecule has 1 aliphatic carbocycles. The van der Waals surface area contributed by atoms with E-state index < -0.39 is 16.4 Å². The third kappa shape index (κ3) is 2.19. The minimum absolute atomic E-state index is 0.302. The van der Waals surface area contributed by atoms with Gasteiger partial charge in [-0.05, 0) is 17.5 Å². The van der Waals surface area contributed by atoms with Gasteiger partial charge in [-0.3, -0.25) is 9.59 Å². The first-order chi connectivity index (χ1) is 10.9. The van der Waals surface area contributed by atoms with Crippen molar-refractivity contribution in [2.24, 2.45) is 0 Å². The Hall–Kier alpha value is -2.13. The zero-order valence-electron chi connectivity index (χ0n) is 13.2. The first-order valence-electron chi connectivity index (χ1n) is 7.47. The van der Waals surface area contributed by atoms with Crippen LogP contribution in [0.5, 0.6) is 5.75 Å². The Balaban J connectivity index is 2.19. The molecule has 3 rings (SSSR count). The summed E-state index contributed by atoms with van der Waals surface area (Å²) in [4.78, 5) is 23.9. The number of ketones is 2. The minimum atomic E-state index is -1.75. The smallest absolute Gasteiger partial charge is 0.198 e. The lowest BCUT2D eigenvalue weighted by molar-refractivity contribution is 0.0859. The quantitative estimate of drug-likeness (QED) is 0.622. The Morgan fingerprint density at radius 3 is 2.04 bits per heavy atom. The molecular formula is C19H17ClO3. The first kappa shape index (κ1) is 15.8. The van der Waals surface area contributed by atoms with E-state index >= 15 is 0 Å². The maximum absolute atomic E-state index is 12.8. The summed E-state index contributed by atoms with van der Waals surface area (Å²) in [6.07, 6.45) is 0. The summed E-state index contributed by atoms with van der Waals surface area (Å²) in [7, 11) is 1.51. The van der Waals surface area contributed by atoms with Gasteiger partial charge < -0.3 is 4.74 Å². The van der Waals surface area contributed by atoms with Crippen LogP contribution in [-0.4, -0.2) is 18.7 Å². The van der Waals surface area contributed by atoms with Crippen molar-refractivity contribution in [3.05, 3.63) is 64.7 Å². The largest absolute Gasteiger partial charge is 0.496 e. The van der Waals surface area contributed by atoms with Gasteiger partial charge in [-0.25, -0.2) is 0 Å². The monoisotopic (exact) mass is 328 g/mol. The molecule has 0 N–H and O–H groups in total. The fourth-order valence-corrected chi connectivity index (χ4v) is 3.31. The third-order valence-electron chi connectivity index (χ3n) is 4.31. The van der Waals surface area contributed by atoms with Crippen molar-refractivity contribution in [3.63, 3.8) is 0 Å². The first-order valence-corrected chi connectivity index (χ1v) is 7.85. The molecule has 0 atom stereocenters. The molecule has 0 amide bonds. The highest BCUT2D eigenvalue weighted by atomic mass is 35.5. The summed E-state index contributed by atoms with van der Waals surface area (Å²) < 4.78 is 5.42. The van der Waals surface area contributed by atoms with Crippen LogP contribution >= 0.6 is 11.6 Å². The number of benzene rings is 2. The maximum atomic E-state index is 12.8. The van der Waals surface area contributed by atoms with Crippen LogP contribution < -0.4 is 4.74 Å². The van der Waals surface area contributed by atoms with Crippen LogP contribution in [-0.2, 0) is 4.87 Å². The molecule has 0 aromatic heterocycles. The van der Waals surface area contributed by atoms with Crippen molar-refractivity contribution in [3.8, 4) is 5.75 Å². The van der Waals surface area contributed by atoms with Crippen LogP contribution in [0.4, 0.5) is 0 Å².